The van der Waals surface area contributed by atoms with E-state index >= 15 is 0 Å². The monoisotopic (exact) mass is 273 g/mol. The van der Waals surface area contributed by atoms with E-state index in [2.05, 4.69) is 19.9 Å². The van der Waals surface area contributed by atoms with Gasteiger partial charge in [-0.15, -0.1) is 0 Å². The fourth-order valence-electron chi connectivity index (χ4n) is 2.37. The zero-order valence-electron chi connectivity index (χ0n) is 12.1. The van der Waals surface area contributed by atoms with Crippen molar-refractivity contribution >= 4 is 10.8 Å². The number of aliphatic hydroxyl groups is 1. The molecule has 20 heavy (non-hydrogen) atoms. The summed E-state index contributed by atoms with van der Waals surface area (Å²) in [5.74, 6) is 1.24. The van der Waals surface area contributed by atoms with Crippen molar-refractivity contribution in [2.75, 3.05) is 6.61 Å². The molecule has 2 aromatic rings. The second kappa shape index (κ2) is 6.73. The molecule has 3 heteroatoms. The molecule has 0 amide bonds. The van der Waals surface area contributed by atoms with Gasteiger partial charge in [0.1, 0.15) is 11.9 Å². The maximum Gasteiger partial charge on any atom is 0.137 e. The second-order valence-corrected chi connectivity index (χ2v) is 5.64. The quantitative estimate of drug-likeness (QED) is 0.850. The van der Waals surface area contributed by atoms with Crippen molar-refractivity contribution in [3.8, 4) is 5.75 Å². The number of rotatable bonds is 6. The molecule has 0 spiro atoms. The summed E-state index contributed by atoms with van der Waals surface area (Å²) in [5.41, 5.74) is 6.10. The van der Waals surface area contributed by atoms with Crippen LogP contribution in [-0.2, 0) is 0 Å². The van der Waals surface area contributed by atoms with Crippen molar-refractivity contribution in [3.63, 3.8) is 0 Å². The Morgan fingerprint density at radius 2 is 1.80 bits per heavy atom. The molecule has 0 saturated carbocycles. The van der Waals surface area contributed by atoms with Crippen LogP contribution in [0.3, 0.4) is 0 Å². The number of aliphatic hydroxyl groups excluding tert-OH is 1. The molecule has 0 fully saturated rings. The van der Waals surface area contributed by atoms with E-state index < -0.39 is 0 Å². The average Bonchev–Trinajstić information content (AvgIpc) is 2.43. The van der Waals surface area contributed by atoms with E-state index in [9.17, 15) is 5.11 Å². The van der Waals surface area contributed by atoms with Gasteiger partial charge >= 0.3 is 0 Å². The van der Waals surface area contributed by atoms with Crippen molar-refractivity contribution in [2.24, 2.45) is 11.7 Å². The number of benzene rings is 2. The van der Waals surface area contributed by atoms with Gasteiger partial charge in [-0.1, -0.05) is 44.2 Å². The van der Waals surface area contributed by atoms with Crippen LogP contribution in [0, 0.1) is 5.92 Å². The third-order valence-electron chi connectivity index (χ3n) is 3.41. The molecular weight excluding hydrogens is 250 g/mol. The highest BCUT2D eigenvalue weighted by atomic mass is 16.5. The van der Waals surface area contributed by atoms with E-state index in [0.29, 0.717) is 5.92 Å². The second-order valence-electron chi connectivity index (χ2n) is 5.64. The van der Waals surface area contributed by atoms with Gasteiger partial charge in [-0.2, -0.15) is 0 Å². The lowest BCUT2D eigenvalue weighted by molar-refractivity contribution is 0.0883. The topological polar surface area (TPSA) is 55.5 Å². The molecule has 0 radical (unpaired) electrons. The molecule has 0 aromatic heterocycles. The fraction of sp³-hybridized carbons (Fsp3) is 0.412. The van der Waals surface area contributed by atoms with Crippen molar-refractivity contribution in [2.45, 2.75) is 32.4 Å². The Balaban J connectivity index is 2.12. The highest BCUT2D eigenvalue weighted by Gasteiger charge is 2.20. The third kappa shape index (κ3) is 3.71. The van der Waals surface area contributed by atoms with Crippen LogP contribution in [0.1, 0.15) is 20.3 Å². The van der Waals surface area contributed by atoms with Crippen LogP contribution < -0.4 is 10.5 Å². The van der Waals surface area contributed by atoms with E-state index in [-0.39, 0.29) is 18.8 Å². The highest BCUT2D eigenvalue weighted by molar-refractivity contribution is 5.83. The van der Waals surface area contributed by atoms with E-state index in [1.807, 2.05) is 36.4 Å². The summed E-state index contributed by atoms with van der Waals surface area (Å²) in [6, 6.07) is 13.9. The smallest absolute Gasteiger partial charge is 0.137 e. The van der Waals surface area contributed by atoms with Gasteiger partial charge in [0, 0.05) is 6.04 Å². The van der Waals surface area contributed by atoms with Crippen LogP contribution >= 0.6 is 0 Å². The first-order chi connectivity index (χ1) is 9.60. The van der Waals surface area contributed by atoms with Gasteiger partial charge in [0.2, 0.25) is 0 Å². The number of hydrogen-bond acceptors (Lipinski definition) is 3. The maximum absolute atomic E-state index is 9.48. The van der Waals surface area contributed by atoms with E-state index in [0.717, 1.165) is 17.6 Å². The summed E-state index contributed by atoms with van der Waals surface area (Å²) in [5, 5.41) is 11.8. The molecule has 3 N–H and O–H groups in total. The van der Waals surface area contributed by atoms with E-state index in [4.69, 9.17) is 10.5 Å². The third-order valence-corrected chi connectivity index (χ3v) is 3.41. The molecule has 2 atom stereocenters. The van der Waals surface area contributed by atoms with Crippen LogP contribution in [0.4, 0.5) is 0 Å². The molecule has 0 saturated heterocycles. The Bertz CT molecular complexity index is 553. The zero-order valence-corrected chi connectivity index (χ0v) is 12.1. The number of hydrogen-bond donors (Lipinski definition) is 2. The summed E-state index contributed by atoms with van der Waals surface area (Å²) in [4.78, 5) is 0. The Morgan fingerprint density at radius 3 is 2.45 bits per heavy atom. The molecule has 0 aliphatic carbocycles. The van der Waals surface area contributed by atoms with E-state index in [1.165, 1.54) is 5.39 Å². The summed E-state index contributed by atoms with van der Waals surface area (Å²) >= 11 is 0. The van der Waals surface area contributed by atoms with Gasteiger partial charge in [0.15, 0.2) is 0 Å². The minimum absolute atomic E-state index is 0.0687. The molecule has 2 rings (SSSR count). The molecule has 2 unspecified atom stereocenters. The molecule has 0 heterocycles. The van der Waals surface area contributed by atoms with Crippen molar-refractivity contribution in [1.29, 1.82) is 0 Å². The molecule has 0 bridgehead atoms. The molecule has 3 nitrogen and oxygen atoms in total. The molecule has 2 aromatic carbocycles. The first-order valence-corrected chi connectivity index (χ1v) is 7.12. The van der Waals surface area contributed by atoms with Crippen molar-refractivity contribution in [3.05, 3.63) is 42.5 Å². The first-order valence-electron chi connectivity index (χ1n) is 7.12. The predicted molar refractivity (Wildman–Crippen MR) is 82.9 cm³/mol. The summed E-state index contributed by atoms with van der Waals surface area (Å²) in [6.07, 6.45) is 0.470. The Hall–Kier alpha value is -1.58. The lowest BCUT2D eigenvalue weighted by Crippen LogP contribution is -2.42. The lowest BCUT2D eigenvalue weighted by atomic mass is 10.0. The van der Waals surface area contributed by atoms with Crippen molar-refractivity contribution < 1.29 is 9.84 Å². The SMILES string of the molecule is CC(C)CC(N)C(CO)Oc1ccc2ccccc2c1. The Kier molecular flexibility index (Phi) is 4.99. The van der Waals surface area contributed by atoms with Gasteiger partial charge in [0.25, 0.3) is 0 Å². The maximum atomic E-state index is 9.48. The van der Waals surface area contributed by atoms with Gasteiger partial charge in [0.05, 0.1) is 6.61 Å². The molecule has 0 aliphatic heterocycles. The summed E-state index contributed by atoms with van der Waals surface area (Å²) in [6.45, 7) is 4.16. The fourth-order valence-corrected chi connectivity index (χ4v) is 2.37. The normalized spacial score (nSPS) is 14.4. The first kappa shape index (κ1) is 14.8. The van der Waals surface area contributed by atoms with Crippen LogP contribution in [0.15, 0.2) is 42.5 Å². The Morgan fingerprint density at radius 1 is 1.10 bits per heavy atom. The summed E-state index contributed by atoms with van der Waals surface area (Å²) in [7, 11) is 0. The lowest BCUT2D eigenvalue weighted by Gasteiger charge is -2.24. The van der Waals surface area contributed by atoms with Crippen LogP contribution in [0.5, 0.6) is 5.75 Å². The van der Waals surface area contributed by atoms with Gasteiger partial charge in [-0.3, -0.25) is 0 Å². The molecule has 0 aliphatic rings. The van der Waals surface area contributed by atoms with Gasteiger partial charge in [-0.25, -0.2) is 0 Å². The number of ether oxygens (including phenoxy) is 1. The Labute approximate surface area is 120 Å². The van der Waals surface area contributed by atoms with Gasteiger partial charge < -0.3 is 15.6 Å². The number of fused-ring (bicyclic) bond motifs is 1. The highest BCUT2D eigenvalue weighted by Crippen LogP contribution is 2.22. The zero-order chi connectivity index (χ0) is 14.5. The van der Waals surface area contributed by atoms with Gasteiger partial charge in [-0.05, 0) is 35.2 Å². The van der Waals surface area contributed by atoms with Crippen LogP contribution in [0.25, 0.3) is 10.8 Å². The predicted octanol–water partition coefficient (Wildman–Crippen LogP) is 2.95. The minimum Gasteiger partial charge on any atom is -0.486 e. The standard InChI is InChI=1S/C17H23NO2/c1-12(2)9-16(18)17(11-19)20-15-8-7-13-5-3-4-6-14(13)10-15/h3-8,10,12,16-17,19H,9,11,18H2,1-2H3. The number of nitrogens with two attached hydrogens (primary N) is 1. The largest absolute Gasteiger partial charge is 0.486 e. The average molecular weight is 273 g/mol. The van der Waals surface area contributed by atoms with Crippen molar-refractivity contribution in [1.82, 2.24) is 0 Å². The van der Waals surface area contributed by atoms with Crippen LogP contribution in [0.2, 0.25) is 0 Å². The minimum atomic E-state index is -0.362. The molecular formula is C17H23NO2. The van der Waals surface area contributed by atoms with Crippen LogP contribution in [-0.4, -0.2) is 23.9 Å². The molecule has 108 valence electrons. The summed E-state index contributed by atoms with van der Waals surface area (Å²) < 4.78 is 5.86. The van der Waals surface area contributed by atoms with E-state index in [1.54, 1.807) is 0 Å².